The molecule has 0 amide bonds. The second-order valence-electron chi connectivity index (χ2n) is 3.64. The van der Waals surface area contributed by atoms with Crippen LogP contribution in [0.25, 0.3) is 12.2 Å². The lowest BCUT2D eigenvalue weighted by Crippen LogP contribution is -1.63. The summed E-state index contributed by atoms with van der Waals surface area (Å²) in [5.74, 6) is 0. The Morgan fingerprint density at radius 1 is 0.632 bits per heavy atom. The van der Waals surface area contributed by atoms with Crippen molar-refractivity contribution < 1.29 is 0 Å². The molecule has 0 saturated heterocycles. The van der Waals surface area contributed by atoms with Crippen LogP contribution in [0.1, 0.15) is 18.1 Å². The molecule has 0 bridgehead atoms. The van der Waals surface area contributed by atoms with Gasteiger partial charge in [0.1, 0.15) is 0 Å². The number of hydrogen-bond acceptors (Lipinski definition) is 0. The van der Waals surface area contributed by atoms with Crippen molar-refractivity contribution in [1.29, 1.82) is 0 Å². The number of benzene rings is 2. The van der Waals surface area contributed by atoms with E-state index >= 15 is 0 Å². The van der Waals surface area contributed by atoms with Crippen molar-refractivity contribution in [2.75, 3.05) is 0 Å². The molecule has 0 heteroatoms. The maximum absolute atomic E-state index is 3.63. The maximum Gasteiger partial charge on any atom is -0.0263 e. The molecule has 98 valence electrons. The Balaban J connectivity index is 0.000000284. The number of allylic oxidation sites excluding steroid dienone is 1. The van der Waals surface area contributed by atoms with Crippen LogP contribution in [0, 0.1) is 0 Å². The van der Waals surface area contributed by atoms with Gasteiger partial charge < -0.3 is 0 Å². The average Bonchev–Trinajstić information content (AvgIpc) is 2.50. The van der Waals surface area contributed by atoms with Gasteiger partial charge in [0.15, 0.2) is 0 Å². The molecule has 0 radical (unpaired) electrons. The normalized spacial score (nSPS) is 7.84. The van der Waals surface area contributed by atoms with Crippen molar-refractivity contribution in [2.45, 2.75) is 6.92 Å². The van der Waals surface area contributed by atoms with E-state index in [2.05, 4.69) is 19.7 Å². The molecule has 0 aliphatic heterocycles. The molecule has 0 fully saturated rings. The van der Waals surface area contributed by atoms with Gasteiger partial charge in [-0.15, -0.1) is 6.58 Å². The van der Waals surface area contributed by atoms with E-state index in [0.717, 1.165) is 0 Å². The Bertz CT molecular complexity index is 408. The molecule has 0 nitrogen and oxygen atoms in total. The lowest BCUT2D eigenvalue weighted by atomic mass is 10.2. The SMILES string of the molecule is C=CC.C=Cc1ccccc1.C=Cc1ccccc1. The number of hydrogen-bond donors (Lipinski definition) is 0. The molecule has 2 aromatic rings. The van der Waals surface area contributed by atoms with Crippen molar-refractivity contribution in [3.8, 4) is 0 Å². The summed E-state index contributed by atoms with van der Waals surface area (Å²) in [6, 6.07) is 20.1. The highest BCUT2D eigenvalue weighted by molar-refractivity contribution is 5.46. The minimum Gasteiger partial charge on any atom is -0.103 e. The first kappa shape index (κ1) is 16.7. The molecule has 0 saturated carbocycles. The second kappa shape index (κ2) is 12.1. The Morgan fingerprint density at radius 3 is 1.05 bits per heavy atom. The standard InChI is InChI=1S/2C8H8.C3H6/c2*1-2-8-6-4-3-5-7-8;1-3-2/h2*2-7H,1H2;3H,1H2,2H3. The first-order valence-electron chi connectivity index (χ1n) is 6.20. The van der Waals surface area contributed by atoms with Gasteiger partial charge in [-0.2, -0.15) is 0 Å². The van der Waals surface area contributed by atoms with Gasteiger partial charge in [0.25, 0.3) is 0 Å². The highest BCUT2D eigenvalue weighted by atomic mass is 13.8. The van der Waals surface area contributed by atoms with E-state index in [9.17, 15) is 0 Å². The monoisotopic (exact) mass is 250 g/mol. The summed E-state index contributed by atoms with van der Waals surface area (Å²) in [6.07, 6.45) is 5.42. The smallest absolute Gasteiger partial charge is 0.0263 e. The zero-order chi connectivity index (χ0) is 14.3. The van der Waals surface area contributed by atoms with Gasteiger partial charge in [0, 0.05) is 0 Å². The van der Waals surface area contributed by atoms with Gasteiger partial charge >= 0.3 is 0 Å². The minimum atomic E-state index is 1.17. The van der Waals surface area contributed by atoms with E-state index < -0.39 is 0 Å². The largest absolute Gasteiger partial charge is 0.103 e. The van der Waals surface area contributed by atoms with Crippen LogP contribution in [0.3, 0.4) is 0 Å². The predicted octanol–water partition coefficient (Wildman–Crippen LogP) is 5.85. The third-order valence-corrected chi connectivity index (χ3v) is 2.07. The quantitative estimate of drug-likeness (QED) is 0.586. The van der Waals surface area contributed by atoms with Crippen LogP contribution in [0.5, 0.6) is 0 Å². The summed E-state index contributed by atoms with van der Waals surface area (Å²) in [7, 11) is 0. The molecule has 2 aromatic carbocycles. The average molecular weight is 250 g/mol. The van der Waals surface area contributed by atoms with Crippen LogP contribution in [0.15, 0.2) is 86.5 Å². The third-order valence-electron chi connectivity index (χ3n) is 2.07. The lowest BCUT2D eigenvalue weighted by Gasteiger charge is -1.85. The predicted molar refractivity (Wildman–Crippen MR) is 88.9 cm³/mol. The third kappa shape index (κ3) is 9.37. The zero-order valence-corrected chi connectivity index (χ0v) is 11.6. The van der Waals surface area contributed by atoms with E-state index in [-0.39, 0.29) is 0 Å². The zero-order valence-electron chi connectivity index (χ0n) is 11.6. The van der Waals surface area contributed by atoms with Crippen LogP contribution < -0.4 is 0 Å². The lowest BCUT2D eigenvalue weighted by molar-refractivity contribution is 1.67. The fourth-order valence-electron chi connectivity index (χ4n) is 1.18. The van der Waals surface area contributed by atoms with Crippen molar-refractivity contribution in [3.05, 3.63) is 97.6 Å². The highest BCUT2D eigenvalue weighted by Gasteiger charge is 1.76. The van der Waals surface area contributed by atoms with Gasteiger partial charge in [-0.25, -0.2) is 0 Å². The Morgan fingerprint density at radius 2 is 0.895 bits per heavy atom. The summed E-state index contributed by atoms with van der Waals surface area (Å²) in [6.45, 7) is 12.5. The molecule has 0 aliphatic carbocycles. The second-order valence-corrected chi connectivity index (χ2v) is 3.64. The summed E-state index contributed by atoms with van der Waals surface area (Å²) in [5, 5.41) is 0. The van der Waals surface area contributed by atoms with E-state index in [1.165, 1.54) is 11.1 Å². The fourth-order valence-corrected chi connectivity index (χ4v) is 1.18. The maximum atomic E-state index is 3.63. The van der Waals surface area contributed by atoms with Crippen LogP contribution in [-0.4, -0.2) is 0 Å². The van der Waals surface area contributed by atoms with Crippen LogP contribution in [0.2, 0.25) is 0 Å². The summed E-state index contributed by atoms with van der Waals surface area (Å²) < 4.78 is 0. The molecule has 0 spiro atoms. The Hall–Kier alpha value is -2.34. The minimum absolute atomic E-state index is 1.17. The van der Waals surface area contributed by atoms with Gasteiger partial charge in [-0.1, -0.05) is 92.0 Å². The van der Waals surface area contributed by atoms with Crippen molar-refractivity contribution in [1.82, 2.24) is 0 Å². The first-order valence-corrected chi connectivity index (χ1v) is 6.20. The van der Waals surface area contributed by atoms with Crippen molar-refractivity contribution in [2.24, 2.45) is 0 Å². The van der Waals surface area contributed by atoms with Gasteiger partial charge in [0.05, 0.1) is 0 Å². The molecule has 0 heterocycles. The molecular formula is C19H22. The molecule has 0 N–H and O–H groups in total. The van der Waals surface area contributed by atoms with Crippen LogP contribution in [-0.2, 0) is 0 Å². The molecule has 0 atom stereocenters. The molecule has 2 rings (SSSR count). The Kier molecular flexibility index (Phi) is 10.6. The van der Waals surface area contributed by atoms with Crippen molar-refractivity contribution in [3.63, 3.8) is 0 Å². The highest BCUT2D eigenvalue weighted by Crippen LogP contribution is 1.98. The summed E-state index contributed by atoms with van der Waals surface area (Å²) in [4.78, 5) is 0. The van der Waals surface area contributed by atoms with E-state index in [0.29, 0.717) is 0 Å². The van der Waals surface area contributed by atoms with Crippen molar-refractivity contribution >= 4 is 12.2 Å². The topological polar surface area (TPSA) is 0 Å². The van der Waals surface area contributed by atoms with E-state index in [4.69, 9.17) is 0 Å². The van der Waals surface area contributed by atoms with Gasteiger partial charge in [-0.05, 0) is 18.1 Å². The van der Waals surface area contributed by atoms with E-state index in [1.54, 1.807) is 6.08 Å². The van der Waals surface area contributed by atoms with Crippen LogP contribution in [0.4, 0.5) is 0 Å². The van der Waals surface area contributed by atoms with Crippen LogP contribution >= 0.6 is 0 Å². The molecule has 0 unspecified atom stereocenters. The first-order chi connectivity index (χ1) is 9.28. The summed E-state index contributed by atoms with van der Waals surface area (Å²) in [5.41, 5.74) is 2.35. The molecule has 0 aromatic heterocycles. The molecular weight excluding hydrogens is 228 g/mol. The van der Waals surface area contributed by atoms with E-state index in [1.807, 2.05) is 79.7 Å². The fraction of sp³-hybridized carbons (Fsp3) is 0.0526. The van der Waals surface area contributed by atoms with Gasteiger partial charge in [-0.3, -0.25) is 0 Å². The Labute approximate surface area is 117 Å². The molecule has 19 heavy (non-hydrogen) atoms. The molecule has 0 aliphatic rings. The number of rotatable bonds is 2. The summed E-state index contributed by atoms with van der Waals surface area (Å²) >= 11 is 0. The van der Waals surface area contributed by atoms with Gasteiger partial charge in [0.2, 0.25) is 0 Å².